The van der Waals surface area contributed by atoms with Crippen molar-refractivity contribution < 1.29 is 19.4 Å². The van der Waals surface area contributed by atoms with E-state index in [9.17, 15) is 10.0 Å². The summed E-state index contributed by atoms with van der Waals surface area (Å²) in [5.74, 6) is 0. The molecule has 2 heterocycles. The minimum absolute atomic E-state index is 0.108. The highest BCUT2D eigenvalue weighted by atomic mass is 16.5. The van der Waals surface area contributed by atoms with E-state index in [1.807, 2.05) is 12.1 Å². The van der Waals surface area contributed by atoms with E-state index < -0.39 is 14.2 Å². The zero-order valence-corrected chi connectivity index (χ0v) is 17.6. The van der Waals surface area contributed by atoms with Gasteiger partial charge in [-0.3, -0.25) is 0 Å². The van der Waals surface area contributed by atoms with Crippen molar-refractivity contribution in [2.24, 2.45) is 5.73 Å². The van der Waals surface area contributed by atoms with Gasteiger partial charge in [0.2, 0.25) is 0 Å². The summed E-state index contributed by atoms with van der Waals surface area (Å²) >= 11 is 0. The first kappa shape index (κ1) is 20.3. The molecule has 0 spiro atoms. The number of rotatable bonds is 2. The first-order valence-electron chi connectivity index (χ1n) is 11.3. The van der Waals surface area contributed by atoms with Gasteiger partial charge in [0.05, 0.1) is 12.2 Å². The molecule has 0 radical (unpaired) electrons. The lowest BCUT2D eigenvalue weighted by Crippen LogP contribution is -2.28. The maximum Gasteiger partial charge on any atom is 0.492 e. The van der Waals surface area contributed by atoms with Crippen LogP contribution in [0.4, 0.5) is 0 Å². The van der Waals surface area contributed by atoms with Crippen LogP contribution in [-0.2, 0) is 35.0 Å². The monoisotopic (exact) mass is 405 g/mol. The van der Waals surface area contributed by atoms with Crippen LogP contribution < -0.4 is 16.7 Å². The van der Waals surface area contributed by atoms with Crippen LogP contribution >= 0.6 is 0 Å². The second kappa shape index (κ2) is 8.13. The summed E-state index contributed by atoms with van der Waals surface area (Å²) in [5, 5.41) is 19.5. The zero-order chi connectivity index (χ0) is 20.8. The zero-order valence-electron chi connectivity index (χ0n) is 17.6. The lowest BCUT2D eigenvalue weighted by Gasteiger charge is -2.13. The first-order chi connectivity index (χ1) is 14.6. The van der Waals surface area contributed by atoms with E-state index in [1.54, 1.807) is 0 Å². The number of hydrogen-bond donors (Lipinski definition) is 3. The molecule has 5 nitrogen and oxygen atoms in total. The average Bonchev–Trinajstić information content (AvgIpc) is 3.52. The lowest BCUT2D eigenvalue weighted by atomic mass is 9.77. The molecule has 1 unspecified atom stereocenters. The molecule has 2 aliphatic heterocycles. The van der Waals surface area contributed by atoms with Crippen LogP contribution in [0, 0.1) is 0 Å². The molecule has 30 heavy (non-hydrogen) atoms. The van der Waals surface area contributed by atoms with Gasteiger partial charge in [0.15, 0.2) is 0 Å². The molecule has 4 aliphatic rings. The Balaban J connectivity index is 0.000000128. The highest BCUT2D eigenvalue weighted by molar-refractivity contribution is 6.62. The standard InChI is InChI=1S/C12H15BO2.C11H14BNO2/c1-2-11-12-9-5-3-4-8(9)6-7-10(12)13(14)15-11;13-6-10-11-8-3-1-2-7(8)4-5-9(11)12(14)15-10/h6-7,11,14H,2-5H2,1H3;4-5,10,14H,1-3,6,13H2/t;10-/m.1/s1. The Hall–Kier alpha value is -1.63. The third-order valence-corrected chi connectivity index (χ3v) is 7.07. The molecule has 7 heteroatoms. The average molecular weight is 405 g/mol. The maximum atomic E-state index is 9.79. The largest absolute Gasteiger partial charge is 0.492 e. The van der Waals surface area contributed by atoms with Crippen LogP contribution in [0.15, 0.2) is 24.3 Å². The van der Waals surface area contributed by atoms with Crippen molar-refractivity contribution in [2.75, 3.05) is 6.54 Å². The second-order valence-corrected chi connectivity index (χ2v) is 8.72. The van der Waals surface area contributed by atoms with Crippen molar-refractivity contribution in [1.82, 2.24) is 0 Å². The maximum absolute atomic E-state index is 9.79. The Bertz CT molecular complexity index is 889. The van der Waals surface area contributed by atoms with Crippen LogP contribution in [0.3, 0.4) is 0 Å². The van der Waals surface area contributed by atoms with Crippen molar-refractivity contribution in [3.63, 3.8) is 0 Å². The molecule has 4 N–H and O–H groups in total. The van der Waals surface area contributed by atoms with Gasteiger partial charge >= 0.3 is 14.2 Å². The Kier molecular flexibility index (Phi) is 5.50. The van der Waals surface area contributed by atoms with E-state index in [0.29, 0.717) is 6.54 Å². The Morgan fingerprint density at radius 2 is 1.33 bits per heavy atom. The first-order valence-corrected chi connectivity index (χ1v) is 11.3. The van der Waals surface area contributed by atoms with Gasteiger partial charge in [0.1, 0.15) is 0 Å². The second-order valence-electron chi connectivity index (χ2n) is 8.72. The van der Waals surface area contributed by atoms with E-state index in [-0.39, 0.29) is 12.2 Å². The normalized spacial score (nSPS) is 23.1. The number of aryl methyl sites for hydroxylation is 2. The lowest BCUT2D eigenvalue weighted by molar-refractivity contribution is 0.186. The third kappa shape index (κ3) is 3.24. The topological polar surface area (TPSA) is 84.9 Å². The van der Waals surface area contributed by atoms with Crippen molar-refractivity contribution in [3.8, 4) is 0 Å². The van der Waals surface area contributed by atoms with Crippen LogP contribution in [0.25, 0.3) is 0 Å². The van der Waals surface area contributed by atoms with Gasteiger partial charge < -0.3 is 25.1 Å². The highest BCUT2D eigenvalue weighted by Gasteiger charge is 2.38. The SMILES string of the molecule is CCC1OB(O)c2ccc3c(c21)CCC3.NC[C@H]1OB(O)c2ccc3c(c21)CCC3. The molecule has 156 valence electrons. The predicted octanol–water partition coefficient (Wildman–Crippen LogP) is 1.24. The van der Waals surface area contributed by atoms with Crippen molar-refractivity contribution >= 4 is 25.2 Å². The molecule has 0 saturated carbocycles. The summed E-state index contributed by atoms with van der Waals surface area (Å²) in [6.45, 7) is 2.56. The summed E-state index contributed by atoms with van der Waals surface area (Å²) in [4.78, 5) is 0. The van der Waals surface area contributed by atoms with Gasteiger partial charge in [0.25, 0.3) is 0 Å². The quantitative estimate of drug-likeness (QED) is 0.655. The minimum atomic E-state index is -0.778. The van der Waals surface area contributed by atoms with Crippen LogP contribution in [0.1, 0.15) is 71.8 Å². The Labute approximate surface area is 178 Å². The molecular formula is C23H29B2NO4. The molecule has 0 saturated heterocycles. The summed E-state index contributed by atoms with van der Waals surface area (Å²) in [5.41, 5.74) is 15.8. The fourth-order valence-electron chi connectivity index (χ4n) is 5.68. The molecule has 0 bridgehead atoms. The van der Waals surface area contributed by atoms with Crippen molar-refractivity contribution in [1.29, 1.82) is 0 Å². The third-order valence-electron chi connectivity index (χ3n) is 7.07. The molecule has 0 amide bonds. The van der Waals surface area contributed by atoms with Gasteiger partial charge in [-0.2, -0.15) is 0 Å². The van der Waals surface area contributed by atoms with Gasteiger partial charge in [0, 0.05) is 6.54 Å². The summed E-state index contributed by atoms with van der Waals surface area (Å²) < 4.78 is 11.0. The number of benzene rings is 2. The van der Waals surface area contributed by atoms with E-state index in [0.717, 1.165) is 36.6 Å². The van der Waals surface area contributed by atoms with Crippen molar-refractivity contribution in [2.45, 2.75) is 64.1 Å². The van der Waals surface area contributed by atoms with Gasteiger partial charge in [-0.1, -0.05) is 31.2 Å². The molecular weight excluding hydrogens is 376 g/mol. The van der Waals surface area contributed by atoms with E-state index in [4.69, 9.17) is 15.0 Å². The van der Waals surface area contributed by atoms with Gasteiger partial charge in [-0.25, -0.2) is 0 Å². The van der Waals surface area contributed by atoms with E-state index in [1.165, 1.54) is 52.6 Å². The van der Waals surface area contributed by atoms with Crippen molar-refractivity contribution in [3.05, 3.63) is 57.6 Å². The summed E-state index contributed by atoms with van der Waals surface area (Å²) in [6, 6.07) is 8.30. The van der Waals surface area contributed by atoms with Crippen LogP contribution in [-0.4, -0.2) is 30.8 Å². The smallest absolute Gasteiger partial charge is 0.423 e. The van der Waals surface area contributed by atoms with Crippen LogP contribution in [0.5, 0.6) is 0 Å². The minimum Gasteiger partial charge on any atom is -0.423 e. The fourth-order valence-corrected chi connectivity index (χ4v) is 5.68. The number of hydrogen-bond acceptors (Lipinski definition) is 5. The van der Waals surface area contributed by atoms with Gasteiger partial charge in [-0.05, 0) is 89.3 Å². The molecule has 0 fully saturated rings. The molecule has 2 aliphatic carbocycles. The molecule has 6 rings (SSSR count). The van der Waals surface area contributed by atoms with Gasteiger partial charge in [-0.15, -0.1) is 0 Å². The van der Waals surface area contributed by atoms with E-state index in [2.05, 4.69) is 19.1 Å². The van der Waals surface area contributed by atoms with E-state index >= 15 is 0 Å². The molecule has 2 aromatic carbocycles. The highest BCUT2D eigenvalue weighted by Crippen LogP contribution is 2.35. The number of fused-ring (bicyclic) bond motifs is 6. The fraction of sp³-hybridized carbons (Fsp3) is 0.478. The Morgan fingerprint density at radius 3 is 1.83 bits per heavy atom. The molecule has 0 aromatic heterocycles. The number of nitrogens with two attached hydrogens (primary N) is 1. The predicted molar refractivity (Wildman–Crippen MR) is 119 cm³/mol. The summed E-state index contributed by atoms with van der Waals surface area (Å²) in [6.07, 6.45) is 8.00. The molecule has 2 atom stereocenters. The van der Waals surface area contributed by atoms with Crippen LogP contribution in [0.2, 0.25) is 0 Å². The molecule has 2 aromatic rings. The summed E-state index contributed by atoms with van der Waals surface area (Å²) in [7, 11) is -1.48. The Morgan fingerprint density at radius 1 is 0.833 bits per heavy atom.